The second-order valence-corrected chi connectivity index (χ2v) is 6.67. The van der Waals surface area contributed by atoms with Crippen LogP contribution in [0.1, 0.15) is 5.56 Å². The van der Waals surface area contributed by atoms with Crippen LogP contribution in [-0.4, -0.2) is 15.7 Å². The van der Waals surface area contributed by atoms with E-state index in [-0.39, 0.29) is 21.3 Å². The van der Waals surface area contributed by atoms with Gasteiger partial charge in [-0.3, -0.25) is 4.79 Å². The maximum atomic E-state index is 12.4. The van der Waals surface area contributed by atoms with Gasteiger partial charge in [0, 0.05) is 16.8 Å². The van der Waals surface area contributed by atoms with E-state index in [0.717, 1.165) is 5.69 Å². The molecule has 0 atom stereocenters. The first-order valence-electron chi connectivity index (χ1n) is 7.65. The van der Waals surface area contributed by atoms with Crippen LogP contribution in [0.4, 0.5) is 5.69 Å². The van der Waals surface area contributed by atoms with Crippen LogP contribution in [-0.2, 0) is 4.79 Å². The van der Waals surface area contributed by atoms with Crippen molar-refractivity contribution in [3.63, 3.8) is 0 Å². The third-order valence-corrected chi connectivity index (χ3v) is 4.45. The van der Waals surface area contributed by atoms with E-state index in [9.17, 15) is 10.1 Å². The summed E-state index contributed by atoms with van der Waals surface area (Å²) in [5.74, 6) is -0.619. The molecule has 0 radical (unpaired) electrons. The van der Waals surface area contributed by atoms with Crippen LogP contribution in [0.5, 0.6) is 0 Å². The lowest BCUT2D eigenvalue weighted by molar-refractivity contribution is -0.112. The second kappa shape index (κ2) is 8.28. The molecule has 2 aromatic carbocycles. The Balaban J connectivity index is 1.83. The van der Waals surface area contributed by atoms with Gasteiger partial charge in [-0.2, -0.15) is 10.4 Å². The van der Waals surface area contributed by atoms with Crippen molar-refractivity contribution in [2.45, 2.75) is 0 Å². The fourth-order valence-electron chi connectivity index (χ4n) is 2.26. The molecule has 0 spiro atoms. The molecule has 3 aromatic rings. The van der Waals surface area contributed by atoms with Crippen molar-refractivity contribution in [2.24, 2.45) is 0 Å². The normalized spacial score (nSPS) is 11.1. The van der Waals surface area contributed by atoms with Gasteiger partial charge in [-0.05, 0) is 42.5 Å². The molecule has 1 aromatic heterocycles. The Morgan fingerprint density at radius 1 is 1.11 bits per heavy atom. The predicted molar refractivity (Wildman–Crippen MR) is 107 cm³/mol. The summed E-state index contributed by atoms with van der Waals surface area (Å²) in [5.41, 5.74) is 1.53. The van der Waals surface area contributed by atoms with Gasteiger partial charge in [0.15, 0.2) is 0 Å². The molecule has 3 rings (SSSR count). The Hall–Kier alpha value is -2.78. The number of nitrogens with one attached hydrogen (secondary N) is 1. The largest absolute Gasteiger partial charge is 0.319 e. The molecule has 134 valence electrons. The van der Waals surface area contributed by atoms with Gasteiger partial charge in [0.1, 0.15) is 11.6 Å². The van der Waals surface area contributed by atoms with Gasteiger partial charge in [0.25, 0.3) is 5.91 Å². The van der Waals surface area contributed by atoms with Gasteiger partial charge in [0.05, 0.1) is 27.6 Å². The number of amides is 1. The summed E-state index contributed by atoms with van der Waals surface area (Å²) in [4.78, 5) is 12.4. The lowest BCUT2D eigenvalue weighted by Gasteiger charge is -2.08. The number of benzene rings is 2. The molecule has 0 saturated heterocycles. The van der Waals surface area contributed by atoms with Crippen molar-refractivity contribution < 1.29 is 4.79 Å². The van der Waals surface area contributed by atoms with Crippen LogP contribution in [0.3, 0.4) is 0 Å². The number of carbonyl (C=O) groups is 1. The van der Waals surface area contributed by atoms with Gasteiger partial charge >= 0.3 is 0 Å². The van der Waals surface area contributed by atoms with Crippen molar-refractivity contribution in [2.75, 3.05) is 5.32 Å². The number of nitriles is 1. The third-order valence-electron chi connectivity index (χ3n) is 3.57. The molecular formula is C19H11Cl3N4O. The van der Waals surface area contributed by atoms with E-state index >= 15 is 0 Å². The zero-order chi connectivity index (χ0) is 19.4. The van der Waals surface area contributed by atoms with E-state index in [2.05, 4.69) is 10.4 Å². The molecule has 1 heterocycles. The lowest BCUT2D eigenvalue weighted by Crippen LogP contribution is -2.14. The van der Waals surface area contributed by atoms with E-state index in [0.29, 0.717) is 10.6 Å². The number of halogens is 3. The van der Waals surface area contributed by atoms with E-state index in [1.165, 1.54) is 6.08 Å². The lowest BCUT2D eigenvalue weighted by atomic mass is 10.2. The first-order valence-corrected chi connectivity index (χ1v) is 8.79. The summed E-state index contributed by atoms with van der Waals surface area (Å²) >= 11 is 18.0. The summed E-state index contributed by atoms with van der Waals surface area (Å²) in [6.45, 7) is 0. The maximum absolute atomic E-state index is 12.4. The highest BCUT2D eigenvalue weighted by molar-refractivity contribution is 6.40. The van der Waals surface area contributed by atoms with Crippen LogP contribution in [0.15, 0.2) is 60.4 Å². The highest BCUT2D eigenvalue weighted by Gasteiger charge is 2.14. The summed E-state index contributed by atoms with van der Waals surface area (Å²) in [6.07, 6.45) is 4.66. The summed E-state index contributed by atoms with van der Waals surface area (Å²) < 4.78 is 1.61. The molecule has 1 N–H and O–H groups in total. The summed E-state index contributed by atoms with van der Waals surface area (Å²) in [7, 11) is 0. The number of carbonyl (C=O) groups excluding carboxylic acids is 1. The third kappa shape index (κ3) is 4.50. The van der Waals surface area contributed by atoms with Gasteiger partial charge in [0.2, 0.25) is 0 Å². The van der Waals surface area contributed by atoms with E-state index in [1.807, 2.05) is 6.07 Å². The molecule has 27 heavy (non-hydrogen) atoms. The number of hydrogen-bond acceptors (Lipinski definition) is 3. The van der Waals surface area contributed by atoms with Crippen LogP contribution in [0.2, 0.25) is 15.1 Å². The maximum Gasteiger partial charge on any atom is 0.266 e. The van der Waals surface area contributed by atoms with E-state index in [1.54, 1.807) is 59.5 Å². The average molecular weight is 418 g/mol. The first kappa shape index (κ1) is 19.0. The fraction of sp³-hybridized carbons (Fsp3) is 0. The number of nitrogens with zero attached hydrogens (tertiary/aromatic N) is 3. The number of anilines is 1. The molecule has 0 aliphatic carbocycles. The predicted octanol–water partition coefficient (Wildman–Crippen LogP) is 5.38. The van der Waals surface area contributed by atoms with Gasteiger partial charge in [-0.1, -0.05) is 40.9 Å². The van der Waals surface area contributed by atoms with Crippen molar-refractivity contribution in [1.82, 2.24) is 9.78 Å². The molecule has 0 aliphatic rings. The summed E-state index contributed by atoms with van der Waals surface area (Å²) in [5, 5.41) is 17.3. The Labute approximate surface area is 170 Å². The van der Waals surface area contributed by atoms with E-state index < -0.39 is 5.91 Å². The Bertz CT molecular complexity index is 1050. The van der Waals surface area contributed by atoms with Crippen LogP contribution in [0.25, 0.3) is 11.8 Å². The van der Waals surface area contributed by atoms with Crippen molar-refractivity contribution in [3.8, 4) is 11.8 Å². The summed E-state index contributed by atoms with van der Waals surface area (Å²) in [6, 6.07) is 13.8. The minimum absolute atomic E-state index is 0.110. The quantitative estimate of drug-likeness (QED) is 0.458. The number of rotatable bonds is 4. The van der Waals surface area contributed by atoms with Gasteiger partial charge < -0.3 is 5.32 Å². The second-order valence-electron chi connectivity index (χ2n) is 5.42. The molecule has 0 saturated carbocycles. The minimum atomic E-state index is -0.619. The Morgan fingerprint density at radius 3 is 2.41 bits per heavy atom. The molecule has 1 amide bonds. The van der Waals surface area contributed by atoms with Gasteiger partial charge in [-0.25, -0.2) is 4.68 Å². The molecular weight excluding hydrogens is 407 g/mol. The molecule has 5 nitrogen and oxygen atoms in total. The molecule has 0 unspecified atom stereocenters. The first-order chi connectivity index (χ1) is 13.0. The smallest absolute Gasteiger partial charge is 0.266 e. The fourth-order valence-corrected chi connectivity index (χ4v) is 2.88. The minimum Gasteiger partial charge on any atom is -0.319 e. The highest BCUT2D eigenvalue weighted by atomic mass is 35.5. The van der Waals surface area contributed by atoms with Gasteiger partial charge in [-0.15, -0.1) is 0 Å². The number of para-hydroxylation sites is 1. The Kier molecular flexibility index (Phi) is 5.82. The topological polar surface area (TPSA) is 70.7 Å². The standard InChI is InChI=1S/C19H11Cl3N4O/c20-14-4-6-15(7-5-14)26-11-12(10-24-26)8-13(9-23)19(27)25-18-16(21)2-1-3-17(18)22/h1-8,10-11H,(H,25,27)/b13-8+. The SMILES string of the molecule is N#C/C(=C\c1cnn(-c2ccc(Cl)cc2)c1)C(=O)Nc1c(Cl)cccc1Cl. The van der Waals surface area contributed by atoms with Crippen molar-refractivity contribution in [1.29, 1.82) is 5.26 Å². The molecule has 0 fully saturated rings. The monoisotopic (exact) mass is 416 g/mol. The molecule has 0 aliphatic heterocycles. The number of aromatic nitrogens is 2. The molecule has 0 bridgehead atoms. The van der Waals surface area contributed by atoms with Crippen LogP contribution < -0.4 is 5.32 Å². The van der Waals surface area contributed by atoms with Crippen LogP contribution in [0, 0.1) is 11.3 Å². The average Bonchev–Trinajstić information content (AvgIpc) is 3.12. The highest BCUT2D eigenvalue weighted by Crippen LogP contribution is 2.30. The van der Waals surface area contributed by atoms with Crippen molar-refractivity contribution >= 4 is 52.5 Å². The molecule has 8 heteroatoms. The zero-order valence-corrected chi connectivity index (χ0v) is 15.9. The van der Waals surface area contributed by atoms with Crippen LogP contribution >= 0.6 is 34.8 Å². The number of hydrogen-bond donors (Lipinski definition) is 1. The zero-order valence-electron chi connectivity index (χ0n) is 13.7. The van der Waals surface area contributed by atoms with E-state index in [4.69, 9.17) is 34.8 Å². The Morgan fingerprint density at radius 2 is 1.78 bits per heavy atom. The van der Waals surface area contributed by atoms with Crippen molar-refractivity contribution in [3.05, 3.63) is 81.1 Å².